The summed E-state index contributed by atoms with van der Waals surface area (Å²) >= 11 is 0. The molecule has 0 unspecified atom stereocenters. The predicted octanol–water partition coefficient (Wildman–Crippen LogP) is -0.0312. The molecule has 0 saturated carbocycles. The van der Waals surface area contributed by atoms with Gasteiger partial charge in [-0.25, -0.2) is 0 Å². The number of aliphatic hydroxyl groups is 5. The minimum absolute atomic E-state index is 0.0591. The lowest BCUT2D eigenvalue weighted by molar-refractivity contribution is -0.304. The van der Waals surface area contributed by atoms with Crippen LogP contribution in [0.4, 0.5) is 0 Å². The molecule has 0 bridgehead atoms. The van der Waals surface area contributed by atoms with Crippen LogP contribution in [0.2, 0.25) is 0 Å². The second kappa shape index (κ2) is 12.0. The van der Waals surface area contributed by atoms with Crippen molar-refractivity contribution in [1.29, 1.82) is 0 Å². The standard InChI is InChI=1S/C26H34O12/c1-34-18-7-12(3-5-16(18)28)21(30)14-10-36-25(13-4-6-17(29)19(8-13)35-2)15(14)11-37-26-24(33)23(32)22(31)20(9-27)38-26/h3-8,14-15,20-33H,9-11H2,1-2H3/t14-,15+,20-,21+,22-,23+,24-,25-,26-/m1/s1. The molecule has 9 atom stereocenters. The first-order valence-corrected chi connectivity index (χ1v) is 12.2. The van der Waals surface area contributed by atoms with Crippen LogP contribution in [0.5, 0.6) is 23.0 Å². The molecule has 2 heterocycles. The number of hydrogen-bond acceptors (Lipinski definition) is 12. The number of aromatic hydroxyl groups is 2. The fourth-order valence-electron chi connectivity index (χ4n) is 4.97. The molecule has 2 fully saturated rings. The van der Waals surface area contributed by atoms with Gasteiger partial charge >= 0.3 is 0 Å². The quantitative estimate of drug-likeness (QED) is 0.226. The van der Waals surface area contributed by atoms with Crippen LogP contribution in [0.1, 0.15) is 23.3 Å². The highest BCUT2D eigenvalue weighted by Crippen LogP contribution is 2.46. The fourth-order valence-corrected chi connectivity index (χ4v) is 4.97. The third-order valence-corrected chi connectivity index (χ3v) is 7.19. The van der Waals surface area contributed by atoms with E-state index >= 15 is 0 Å². The number of phenolic OH excluding ortho intramolecular Hbond substituents is 2. The summed E-state index contributed by atoms with van der Waals surface area (Å²) in [7, 11) is 2.81. The third kappa shape index (κ3) is 5.53. The van der Waals surface area contributed by atoms with E-state index in [-0.39, 0.29) is 36.2 Å². The van der Waals surface area contributed by atoms with Crippen LogP contribution in [0, 0.1) is 11.8 Å². The lowest BCUT2D eigenvalue weighted by Crippen LogP contribution is -2.59. The summed E-state index contributed by atoms with van der Waals surface area (Å²) in [6, 6.07) is 9.22. The summed E-state index contributed by atoms with van der Waals surface area (Å²) in [5.41, 5.74) is 1.11. The van der Waals surface area contributed by atoms with Crippen molar-refractivity contribution in [3.8, 4) is 23.0 Å². The van der Waals surface area contributed by atoms with Gasteiger partial charge in [-0.05, 0) is 35.4 Å². The second-order valence-corrected chi connectivity index (χ2v) is 9.42. The predicted molar refractivity (Wildman–Crippen MR) is 130 cm³/mol. The van der Waals surface area contributed by atoms with Crippen LogP contribution < -0.4 is 9.47 Å². The monoisotopic (exact) mass is 538 g/mol. The SMILES string of the molecule is COc1cc([C@H]2OC[C@@H]([C@@H](O)c3ccc(O)c(OC)c3)[C@@H]2CO[C@@H]2O[C@H](CO)[C@@H](O)[C@H](O)[C@H]2O)ccc1O. The van der Waals surface area contributed by atoms with E-state index in [1.54, 1.807) is 18.2 Å². The highest BCUT2D eigenvalue weighted by Gasteiger charge is 2.47. The molecule has 38 heavy (non-hydrogen) atoms. The first-order valence-electron chi connectivity index (χ1n) is 12.2. The molecule has 2 aliphatic heterocycles. The molecule has 4 rings (SSSR count). The summed E-state index contributed by atoms with van der Waals surface area (Å²) in [5, 5.41) is 71.4. The van der Waals surface area contributed by atoms with Gasteiger partial charge in [-0.15, -0.1) is 0 Å². The van der Waals surface area contributed by atoms with Crippen molar-refractivity contribution < 1.29 is 59.4 Å². The second-order valence-electron chi connectivity index (χ2n) is 9.42. The Morgan fingerprint density at radius 3 is 2.24 bits per heavy atom. The molecule has 0 spiro atoms. The summed E-state index contributed by atoms with van der Waals surface area (Å²) in [6.07, 6.45) is -8.93. The van der Waals surface area contributed by atoms with E-state index in [9.17, 15) is 35.7 Å². The summed E-state index contributed by atoms with van der Waals surface area (Å²) in [6.45, 7) is -0.605. The van der Waals surface area contributed by atoms with Gasteiger partial charge in [0.1, 0.15) is 24.4 Å². The lowest BCUT2D eigenvalue weighted by atomic mass is 9.82. The number of benzene rings is 2. The molecular weight excluding hydrogens is 504 g/mol. The molecule has 7 N–H and O–H groups in total. The molecule has 0 aliphatic carbocycles. The Balaban J connectivity index is 1.61. The van der Waals surface area contributed by atoms with Crippen LogP contribution in [-0.2, 0) is 14.2 Å². The van der Waals surface area contributed by atoms with Crippen molar-refractivity contribution in [2.45, 2.75) is 42.9 Å². The van der Waals surface area contributed by atoms with E-state index in [1.165, 1.54) is 32.4 Å². The van der Waals surface area contributed by atoms with Gasteiger partial charge in [0.15, 0.2) is 29.3 Å². The Hall–Kier alpha value is -2.68. The van der Waals surface area contributed by atoms with Gasteiger partial charge in [-0.1, -0.05) is 12.1 Å². The van der Waals surface area contributed by atoms with Crippen LogP contribution >= 0.6 is 0 Å². The Kier molecular flexibility index (Phi) is 8.96. The summed E-state index contributed by atoms with van der Waals surface area (Å²) in [5.74, 6) is -0.800. The highest BCUT2D eigenvalue weighted by molar-refractivity contribution is 5.44. The van der Waals surface area contributed by atoms with E-state index in [4.69, 9.17) is 23.7 Å². The zero-order valence-corrected chi connectivity index (χ0v) is 21.0. The van der Waals surface area contributed by atoms with Crippen LogP contribution in [0.15, 0.2) is 36.4 Å². The van der Waals surface area contributed by atoms with Gasteiger partial charge in [-0.3, -0.25) is 0 Å². The number of methoxy groups -OCH3 is 2. The lowest BCUT2D eigenvalue weighted by Gasteiger charge is -2.40. The van der Waals surface area contributed by atoms with Gasteiger partial charge < -0.3 is 59.4 Å². The van der Waals surface area contributed by atoms with Crippen molar-refractivity contribution in [1.82, 2.24) is 0 Å². The maximum Gasteiger partial charge on any atom is 0.186 e. The van der Waals surface area contributed by atoms with Crippen molar-refractivity contribution in [2.24, 2.45) is 11.8 Å². The number of ether oxygens (including phenoxy) is 5. The molecule has 2 aromatic carbocycles. The molecule has 12 heteroatoms. The van der Waals surface area contributed by atoms with E-state index in [0.29, 0.717) is 11.1 Å². The molecule has 12 nitrogen and oxygen atoms in total. The first kappa shape index (κ1) is 28.3. The van der Waals surface area contributed by atoms with Crippen molar-refractivity contribution in [2.75, 3.05) is 34.0 Å². The summed E-state index contributed by atoms with van der Waals surface area (Å²) in [4.78, 5) is 0. The highest BCUT2D eigenvalue weighted by atomic mass is 16.7. The average Bonchev–Trinajstić information content (AvgIpc) is 3.35. The maximum absolute atomic E-state index is 11.3. The largest absolute Gasteiger partial charge is 0.504 e. The molecule has 0 radical (unpaired) electrons. The zero-order valence-electron chi connectivity index (χ0n) is 21.0. The van der Waals surface area contributed by atoms with Gasteiger partial charge in [0.05, 0.1) is 46.2 Å². The summed E-state index contributed by atoms with van der Waals surface area (Å²) < 4.78 is 27.8. The molecule has 210 valence electrons. The van der Waals surface area contributed by atoms with Crippen molar-refractivity contribution in [3.05, 3.63) is 47.5 Å². The van der Waals surface area contributed by atoms with E-state index in [1.807, 2.05) is 0 Å². The number of rotatable bonds is 9. The average molecular weight is 539 g/mol. The Labute approximate surface area is 219 Å². The van der Waals surface area contributed by atoms with Gasteiger partial charge in [0.25, 0.3) is 0 Å². The molecule has 0 aromatic heterocycles. The number of phenols is 2. The number of hydrogen-bond donors (Lipinski definition) is 7. The van der Waals surface area contributed by atoms with Gasteiger partial charge in [0, 0.05) is 11.8 Å². The normalized spacial score (nSPS) is 32.2. The first-order chi connectivity index (χ1) is 18.2. The van der Waals surface area contributed by atoms with Crippen LogP contribution in [0.25, 0.3) is 0 Å². The smallest absolute Gasteiger partial charge is 0.186 e. The van der Waals surface area contributed by atoms with Crippen LogP contribution in [-0.4, -0.2) is 100 Å². The fraction of sp³-hybridized carbons (Fsp3) is 0.538. The molecule has 0 amide bonds. The molecule has 2 aliphatic rings. The Bertz CT molecular complexity index is 1080. The molecular formula is C26H34O12. The Morgan fingerprint density at radius 2 is 1.58 bits per heavy atom. The van der Waals surface area contributed by atoms with Crippen molar-refractivity contribution >= 4 is 0 Å². The molecule has 2 aromatic rings. The van der Waals surface area contributed by atoms with Gasteiger partial charge in [0.2, 0.25) is 0 Å². The van der Waals surface area contributed by atoms with E-state index in [0.717, 1.165) is 0 Å². The third-order valence-electron chi connectivity index (χ3n) is 7.19. The van der Waals surface area contributed by atoms with E-state index in [2.05, 4.69) is 0 Å². The Morgan fingerprint density at radius 1 is 0.921 bits per heavy atom. The van der Waals surface area contributed by atoms with E-state index < -0.39 is 61.4 Å². The minimum atomic E-state index is -1.60. The maximum atomic E-state index is 11.3. The topological polar surface area (TPSA) is 188 Å². The van der Waals surface area contributed by atoms with Gasteiger partial charge in [-0.2, -0.15) is 0 Å². The zero-order chi connectivity index (χ0) is 27.6. The van der Waals surface area contributed by atoms with Crippen molar-refractivity contribution in [3.63, 3.8) is 0 Å². The van der Waals surface area contributed by atoms with Crippen LogP contribution in [0.3, 0.4) is 0 Å². The number of aliphatic hydroxyl groups excluding tert-OH is 5. The minimum Gasteiger partial charge on any atom is -0.504 e. The molecule has 2 saturated heterocycles.